The second-order valence-corrected chi connectivity index (χ2v) is 8.46. The number of nitrogens with one attached hydrogen (secondary N) is 6. The molecule has 0 aromatic carbocycles. The molecule has 0 bridgehead atoms. The summed E-state index contributed by atoms with van der Waals surface area (Å²) < 4.78 is 0. The molecule has 0 aromatic rings. The van der Waals surface area contributed by atoms with Crippen molar-refractivity contribution in [3.8, 4) is 0 Å². The molecule has 0 aliphatic heterocycles. The van der Waals surface area contributed by atoms with Crippen LogP contribution in [0.25, 0.3) is 0 Å². The molecule has 0 rings (SSSR count). The van der Waals surface area contributed by atoms with Crippen molar-refractivity contribution in [1.82, 2.24) is 31.9 Å². The van der Waals surface area contributed by atoms with Crippen LogP contribution in [-0.4, -0.2) is 72.4 Å². The van der Waals surface area contributed by atoms with Gasteiger partial charge in [-0.25, -0.2) is 0 Å². The lowest BCUT2D eigenvalue weighted by Gasteiger charge is -2.27. The summed E-state index contributed by atoms with van der Waals surface area (Å²) in [6, 6.07) is 0. The fraction of sp³-hybridized carbons (Fsp3) is 0.704. The minimum Gasteiger partial charge on any atom is -0.338 e. The van der Waals surface area contributed by atoms with Gasteiger partial charge in [-0.2, -0.15) is 0 Å². The summed E-state index contributed by atoms with van der Waals surface area (Å²) in [5, 5.41) is 15.1. The van der Waals surface area contributed by atoms with Gasteiger partial charge in [0.1, 0.15) is 23.8 Å². The third-order valence-electron chi connectivity index (χ3n) is 4.11. The number of hydrogen-bond acceptors (Lipinski definition) is 9. The zero-order chi connectivity index (χ0) is 29.0. The van der Waals surface area contributed by atoms with E-state index in [1.165, 1.54) is 13.8 Å². The Morgan fingerprint density at radius 2 is 0.878 bits per heavy atom. The van der Waals surface area contributed by atoms with Crippen LogP contribution in [0.1, 0.15) is 103 Å². The maximum absolute atomic E-state index is 11.6. The molecule has 0 aromatic heterocycles. The molecule has 0 atom stereocenters. The van der Waals surface area contributed by atoms with Crippen LogP contribution in [0.2, 0.25) is 0 Å². The molecule has 14 heteroatoms. The molecule has 5 amide bonds. The van der Waals surface area contributed by atoms with Crippen LogP contribution in [0.3, 0.4) is 0 Å². The van der Waals surface area contributed by atoms with E-state index in [2.05, 4.69) is 31.9 Å². The van der Waals surface area contributed by atoms with Crippen LogP contribution in [0, 0.1) is 0 Å². The number of carbonyl (C=O) groups excluding carboxylic acids is 8. The van der Waals surface area contributed by atoms with Crippen LogP contribution in [0.15, 0.2) is 0 Å². The van der Waals surface area contributed by atoms with E-state index >= 15 is 0 Å². The third-order valence-corrected chi connectivity index (χ3v) is 4.11. The van der Waals surface area contributed by atoms with Gasteiger partial charge >= 0.3 is 0 Å². The Morgan fingerprint density at radius 3 is 1.20 bits per heavy atom. The molecule has 0 radical (unpaired) electrons. The van der Waals surface area contributed by atoms with Crippen molar-refractivity contribution in [2.75, 3.05) is 19.9 Å². The van der Waals surface area contributed by atoms with E-state index in [0.29, 0.717) is 13.0 Å². The molecule has 41 heavy (non-hydrogen) atoms. The molecule has 0 unspecified atom stereocenters. The van der Waals surface area contributed by atoms with Crippen LogP contribution in [0.5, 0.6) is 0 Å². The van der Waals surface area contributed by atoms with Gasteiger partial charge in [0.2, 0.25) is 29.5 Å². The highest BCUT2D eigenvalue weighted by molar-refractivity contribution is 5.99. The van der Waals surface area contributed by atoms with E-state index in [-0.39, 0.29) is 86.1 Å². The van der Waals surface area contributed by atoms with Crippen molar-refractivity contribution in [3.05, 3.63) is 0 Å². The lowest BCUT2D eigenvalue weighted by molar-refractivity contribution is -0.132. The summed E-state index contributed by atoms with van der Waals surface area (Å²) in [4.78, 5) is 88.4. The standard InChI is InChI=1S/C13H24N4O4.C10H16N2O4.4CH4/c1-5-16-13(3,4)17-12(21)7-11(20)15-8-14-10(19)6-9(2)18;1-3-8(14)5-10(16)12-6-11-9(15)4-7(2)13;;;;/h16H,5-8H2,1-4H3,(H,14,19)(H,15,20)(H,17,21);3-6H2,1-2H3,(H,11,15)(H,12,16);4*1H4. The van der Waals surface area contributed by atoms with Gasteiger partial charge in [-0.15, -0.1) is 0 Å². The summed E-state index contributed by atoms with van der Waals surface area (Å²) >= 11 is 0. The number of hydrogen-bond donors (Lipinski definition) is 6. The number of rotatable bonds is 16. The second kappa shape index (κ2) is 27.9. The summed E-state index contributed by atoms with van der Waals surface area (Å²) in [6.45, 7) is 10.3. The molecule has 0 saturated carbocycles. The van der Waals surface area contributed by atoms with E-state index in [1.807, 2.05) is 6.92 Å². The fourth-order valence-electron chi connectivity index (χ4n) is 2.51. The average molecular weight is 593 g/mol. The summed E-state index contributed by atoms with van der Waals surface area (Å²) in [5.41, 5.74) is -0.595. The molecular formula is C27H56N6O8. The zero-order valence-corrected chi connectivity index (χ0v) is 22.4. The Bertz CT molecular complexity index is 844. The molecule has 0 fully saturated rings. The topological polar surface area (TPSA) is 209 Å². The third kappa shape index (κ3) is 34.3. The van der Waals surface area contributed by atoms with Gasteiger partial charge in [-0.3, -0.25) is 43.7 Å². The first-order chi connectivity index (χ1) is 17.1. The number of ketones is 3. The van der Waals surface area contributed by atoms with Crippen molar-refractivity contribution in [2.24, 2.45) is 0 Å². The van der Waals surface area contributed by atoms with E-state index in [0.717, 1.165) is 0 Å². The number of carbonyl (C=O) groups is 8. The summed E-state index contributed by atoms with van der Waals surface area (Å²) in [7, 11) is 0. The van der Waals surface area contributed by atoms with E-state index in [4.69, 9.17) is 0 Å². The van der Waals surface area contributed by atoms with Crippen molar-refractivity contribution in [1.29, 1.82) is 0 Å². The van der Waals surface area contributed by atoms with Gasteiger partial charge in [-0.05, 0) is 34.2 Å². The van der Waals surface area contributed by atoms with Gasteiger partial charge in [-0.1, -0.05) is 43.6 Å². The number of amides is 5. The molecule has 0 saturated heterocycles. The minimum atomic E-state index is -0.595. The molecule has 14 nitrogen and oxygen atoms in total. The van der Waals surface area contributed by atoms with Gasteiger partial charge in [0.15, 0.2) is 0 Å². The van der Waals surface area contributed by atoms with E-state index in [9.17, 15) is 38.4 Å². The smallest absolute Gasteiger partial charge is 0.230 e. The Balaban J connectivity index is -0.000000140. The van der Waals surface area contributed by atoms with Gasteiger partial charge < -0.3 is 26.6 Å². The maximum atomic E-state index is 11.6. The molecule has 0 heterocycles. The number of Topliss-reactive ketones (excluding diaryl/α,β-unsaturated/α-hetero) is 3. The second-order valence-electron chi connectivity index (χ2n) is 8.46. The van der Waals surface area contributed by atoms with Crippen molar-refractivity contribution in [3.63, 3.8) is 0 Å². The highest BCUT2D eigenvalue weighted by Crippen LogP contribution is 1.96. The average Bonchev–Trinajstić information content (AvgIpc) is 2.72. The van der Waals surface area contributed by atoms with Crippen molar-refractivity contribution < 1.29 is 38.4 Å². The Morgan fingerprint density at radius 1 is 0.537 bits per heavy atom. The predicted octanol–water partition coefficient (Wildman–Crippen LogP) is 1.08. The SMILES string of the molecule is C.C.C.C.CCC(=O)CC(=O)NCNC(=O)CC(C)=O.CCNC(C)(C)NC(=O)CC(=O)NCNC(=O)CC(C)=O. The highest BCUT2D eigenvalue weighted by Gasteiger charge is 2.20. The van der Waals surface area contributed by atoms with Crippen LogP contribution in [0.4, 0.5) is 0 Å². The van der Waals surface area contributed by atoms with Crippen LogP contribution < -0.4 is 31.9 Å². The Hall–Kier alpha value is -3.68. The van der Waals surface area contributed by atoms with Gasteiger partial charge in [0.05, 0.1) is 38.3 Å². The first kappa shape index (κ1) is 50.2. The Labute approximate surface area is 246 Å². The molecular weight excluding hydrogens is 536 g/mol. The lowest BCUT2D eigenvalue weighted by atomic mass is 10.2. The lowest BCUT2D eigenvalue weighted by Crippen LogP contribution is -2.55. The predicted molar refractivity (Wildman–Crippen MR) is 160 cm³/mol. The summed E-state index contributed by atoms with van der Waals surface area (Å²) in [5.74, 6) is -2.96. The van der Waals surface area contributed by atoms with Crippen LogP contribution in [-0.2, 0) is 38.4 Å². The quantitative estimate of drug-likeness (QED) is 0.112. The molecule has 0 aliphatic carbocycles. The van der Waals surface area contributed by atoms with Crippen molar-refractivity contribution >= 4 is 46.9 Å². The van der Waals surface area contributed by atoms with Crippen molar-refractivity contribution in [2.45, 2.75) is 109 Å². The Kier molecular flexibility index (Phi) is 34.1. The zero-order valence-electron chi connectivity index (χ0n) is 22.4. The minimum absolute atomic E-state index is 0. The van der Waals surface area contributed by atoms with Gasteiger partial charge in [0, 0.05) is 6.42 Å². The van der Waals surface area contributed by atoms with Crippen LogP contribution >= 0.6 is 0 Å². The van der Waals surface area contributed by atoms with E-state index in [1.54, 1.807) is 20.8 Å². The molecule has 6 N–H and O–H groups in total. The van der Waals surface area contributed by atoms with E-state index < -0.39 is 35.2 Å². The fourth-order valence-corrected chi connectivity index (χ4v) is 2.51. The monoisotopic (exact) mass is 592 g/mol. The maximum Gasteiger partial charge on any atom is 0.230 e. The normalized spacial score (nSPS) is 9.12. The largest absolute Gasteiger partial charge is 0.338 e. The molecule has 0 aliphatic rings. The first-order valence-electron chi connectivity index (χ1n) is 11.7. The first-order valence-corrected chi connectivity index (χ1v) is 11.7. The summed E-state index contributed by atoms with van der Waals surface area (Å²) in [6.07, 6.45) is -0.641. The molecule has 242 valence electrons. The van der Waals surface area contributed by atoms with Gasteiger partial charge in [0.25, 0.3) is 0 Å². The highest BCUT2D eigenvalue weighted by atomic mass is 16.2. The molecule has 0 spiro atoms.